The monoisotopic (exact) mass is 208 g/mol. The van der Waals surface area contributed by atoms with Crippen LogP contribution in [0.2, 0.25) is 0 Å². The molecule has 0 saturated heterocycles. The minimum Gasteiger partial charge on any atom is -0.465 e. The van der Waals surface area contributed by atoms with Crippen molar-refractivity contribution >= 4 is 5.97 Å². The van der Waals surface area contributed by atoms with Crippen LogP contribution in [0.25, 0.3) is 0 Å². The largest absolute Gasteiger partial charge is 0.465 e. The molecule has 1 rings (SSSR count). The molecule has 0 aromatic heterocycles. The Morgan fingerprint density at radius 3 is 2.47 bits per heavy atom. The summed E-state index contributed by atoms with van der Waals surface area (Å²) in [6, 6.07) is 7.51. The lowest BCUT2D eigenvalue weighted by molar-refractivity contribution is -0.145. The Morgan fingerprint density at radius 2 is 2.00 bits per heavy atom. The summed E-state index contributed by atoms with van der Waals surface area (Å²) in [5, 5.41) is 9.14. The topological polar surface area (TPSA) is 46.5 Å². The highest BCUT2D eigenvalue weighted by atomic mass is 16.5. The van der Waals surface area contributed by atoms with E-state index >= 15 is 0 Å². The molecule has 3 heteroatoms. The van der Waals surface area contributed by atoms with Gasteiger partial charge in [0.25, 0.3) is 0 Å². The second-order valence-corrected chi connectivity index (χ2v) is 3.40. The maximum Gasteiger partial charge on any atom is 0.315 e. The summed E-state index contributed by atoms with van der Waals surface area (Å²) in [7, 11) is 0. The van der Waals surface area contributed by atoms with Gasteiger partial charge in [0, 0.05) is 0 Å². The van der Waals surface area contributed by atoms with Crippen molar-refractivity contribution in [2.45, 2.75) is 19.8 Å². The standard InChI is InChI=1S/C12H16O3/c1-3-15-12(14)11(8-13)10-6-4-9(2)5-7-10/h4-7,11,13H,3,8H2,1-2H3/t11-/m1/s1. The van der Waals surface area contributed by atoms with Crippen LogP contribution in [0.1, 0.15) is 24.0 Å². The third-order valence-electron chi connectivity index (χ3n) is 2.23. The first-order valence-electron chi connectivity index (χ1n) is 5.03. The number of hydrogen-bond acceptors (Lipinski definition) is 3. The van der Waals surface area contributed by atoms with E-state index in [0.29, 0.717) is 6.61 Å². The minimum absolute atomic E-state index is 0.220. The first-order chi connectivity index (χ1) is 7.19. The maximum atomic E-state index is 11.5. The van der Waals surface area contributed by atoms with Gasteiger partial charge in [-0.25, -0.2) is 0 Å². The predicted molar refractivity (Wildman–Crippen MR) is 57.6 cm³/mol. The lowest BCUT2D eigenvalue weighted by Crippen LogP contribution is -2.19. The van der Waals surface area contributed by atoms with Crippen LogP contribution < -0.4 is 0 Å². The van der Waals surface area contributed by atoms with Gasteiger partial charge >= 0.3 is 5.97 Å². The fourth-order valence-corrected chi connectivity index (χ4v) is 1.36. The number of aliphatic hydroxyl groups is 1. The van der Waals surface area contributed by atoms with Crippen LogP contribution in [0, 0.1) is 6.92 Å². The van der Waals surface area contributed by atoms with Gasteiger partial charge in [-0.15, -0.1) is 0 Å². The van der Waals surface area contributed by atoms with E-state index in [1.165, 1.54) is 0 Å². The molecular formula is C12H16O3. The van der Waals surface area contributed by atoms with E-state index < -0.39 is 5.92 Å². The Bertz CT molecular complexity index is 316. The molecule has 0 saturated carbocycles. The van der Waals surface area contributed by atoms with Gasteiger partial charge < -0.3 is 9.84 Å². The predicted octanol–water partition coefficient (Wildman–Crippen LogP) is 1.63. The van der Waals surface area contributed by atoms with Gasteiger partial charge in [-0.1, -0.05) is 29.8 Å². The highest BCUT2D eigenvalue weighted by Gasteiger charge is 2.20. The molecule has 1 aromatic rings. The molecule has 1 atom stereocenters. The van der Waals surface area contributed by atoms with Crippen molar-refractivity contribution in [3.05, 3.63) is 35.4 Å². The zero-order valence-electron chi connectivity index (χ0n) is 9.06. The van der Waals surface area contributed by atoms with Crippen LogP contribution in [-0.4, -0.2) is 24.3 Å². The van der Waals surface area contributed by atoms with Crippen molar-refractivity contribution in [1.82, 2.24) is 0 Å². The van der Waals surface area contributed by atoms with E-state index in [1.807, 2.05) is 31.2 Å². The number of aliphatic hydroxyl groups excluding tert-OH is 1. The molecule has 0 aliphatic heterocycles. The average molecular weight is 208 g/mol. The van der Waals surface area contributed by atoms with Gasteiger partial charge in [0.05, 0.1) is 13.2 Å². The highest BCUT2D eigenvalue weighted by molar-refractivity contribution is 5.78. The lowest BCUT2D eigenvalue weighted by atomic mass is 9.99. The first-order valence-corrected chi connectivity index (χ1v) is 5.03. The SMILES string of the molecule is CCOC(=O)[C@H](CO)c1ccc(C)cc1. The fraction of sp³-hybridized carbons (Fsp3) is 0.417. The highest BCUT2D eigenvalue weighted by Crippen LogP contribution is 2.17. The summed E-state index contributed by atoms with van der Waals surface area (Å²) in [6.07, 6.45) is 0. The van der Waals surface area contributed by atoms with Gasteiger partial charge in [-0.05, 0) is 19.4 Å². The summed E-state index contributed by atoms with van der Waals surface area (Å²) >= 11 is 0. The molecular weight excluding hydrogens is 192 g/mol. The van der Waals surface area contributed by atoms with Crippen molar-refractivity contribution in [3.8, 4) is 0 Å². The van der Waals surface area contributed by atoms with Gasteiger partial charge in [-0.3, -0.25) is 4.79 Å². The molecule has 0 fully saturated rings. The molecule has 1 N–H and O–H groups in total. The summed E-state index contributed by atoms with van der Waals surface area (Å²) in [6.45, 7) is 3.84. The number of rotatable bonds is 4. The molecule has 0 aliphatic carbocycles. The van der Waals surface area contributed by atoms with Crippen molar-refractivity contribution in [2.75, 3.05) is 13.2 Å². The van der Waals surface area contributed by atoms with E-state index in [-0.39, 0.29) is 12.6 Å². The fourth-order valence-electron chi connectivity index (χ4n) is 1.36. The molecule has 0 amide bonds. The molecule has 0 spiro atoms. The number of esters is 1. The molecule has 1 aromatic carbocycles. The number of hydrogen-bond donors (Lipinski definition) is 1. The third kappa shape index (κ3) is 3.06. The maximum absolute atomic E-state index is 11.5. The normalized spacial score (nSPS) is 12.2. The molecule has 0 unspecified atom stereocenters. The van der Waals surface area contributed by atoms with E-state index in [9.17, 15) is 4.79 Å². The van der Waals surface area contributed by atoms with Crippen molar-refractivity contribution in [1.29, 1.82) is 0 Å². The number of aryl methyl sites for hydroxylation is 1. The average Bonchev–Trinajstić information content (AvgIpc) is 2.22. The zero-order valence-corrected chi connectivity index (χ0v) is 9.06. The minimum atomic E-state index is -0.564. The van der Waals surface area contributed by atoms with E-state index in [4.69, 9.17) is 9.84 Å². The van der Waals surface area contributed by atoms with Crippen LogP contribution in [0.5, 0.6) is 0 Å². The molecule has 0 radical (unpaired) electrons. The quantitative estimate of drug-likeness (QED) is 0.765. The van der Waals surface area contributed by atoms with Crippen LogP contribution in [0.15, 0.2) is 24.3 Å². The smallest absolute Gasteiger partial charge is 0.315 e. The van der Waals surface area contributed by atoms with Crippen LogP contribution in [0.3, 0.4) is 0 Å². The van der Waals surface area contributed by atoms with Crippen molar-refractivity contribution < 1.29 is 14.6 Å². The van der Waals surface area contributed by atoms with Crippen molar-refractivity contribution in [2.24, 2.45) is 0 Å². The Kier molecular flexibility index (Phi) is 4.31. The lowest BCUT2D eigenvalue weighted by Gasteiger charge is -2.13. The van der Waals surface area contributed by atoms with Gasteiger partial charge in [0.15, 0.2) is 0 Å². The van der Waals surface area contributed by atoms with Gasteiger partial charge in [0.2, 0.25) is 0 Å². The van der Waals surface area contributed by atoms with E-state index in [2.05, 4.69) is 0 Å². The van der Waals surface area contributed by atoms with Crippen LogP contribution >= 0.6 is 0 Å². The molecule has 3 nitrogen and oxygen atoms in total. The van der Waals surface area contributed by atoms with Gasteiger partial charge in [0.1, 0.15) is 5.92 Å². The van der Waals surface area contributed by atoms with Crippen molar-refractivity contribution in [3.63, 3.8) is 0 Å². The van der Waals surface area contributed by atoms with Crippen LogP contribution in [-0.2, 0) is 9.53 Å². The summed E-state index contributed by atoms with van der Waals surface area (Å²) in [4.78, 5) is 11.5. The number of benzene rings is 1. The van der Waals surface area contributed by atoms with E-state index in [1.54, 1.807) is 6.92 Å². The Balaban J connectivity index is 2.82. The second-order valence-electron chi connectivity index (χ2n) is 3.40. The Hall–Kier alpha value is -1.35. The van der Waals surface area contributed by atoms with Gasteiger partial charge in [-0.2, -0.15) is 0 Å². The Labute approximate surface area is 89.7 Å². The summed E-state index contributed by atoms with van der Waals surface area (Å²) in [5.74, 6) is -0.936. The second kappa shape index (κ2) is 5.51. The summed E-state index contributed by atoms with van der Waals surface area (Å²) < 4.78 is 4.88. The number of ether oxygens (including phenoxy) is 1. The Morgan fingerprint density at radius 1 is 1.40 bits per heavy atom. The molecule has 0 heterocycles. The van der Waals surface area contributed by atoms with E-state index in [0.717, 1.165) is 11.1 Å². The van der Waals surface area contributed by atoms with Crippen LogP contribution in [0.4, 0.5) is 0 Å². The molecule has 0 bridgehead atoms. The number of carbonyl (C=O) groups excluding carboxylic acids is 1. The molecule has 82 valence electrons. The molecule has 0 aliphatic rings. The number of carbonyl (C=O) groups is 1. The first kappa shape index (κ1) is 11.7. The molecule has 15 heavy (non-hydrogen) atoms. The zero-order chi connectivity index (χ0) is 11.3. The third-order valence-corrected chi connectivity index (χ3v) is 2.23. The summed E-state index contributed by atoms with van der Waals surface area (Å²) in [5.41, 5.74) is 1.92.